The summed E-state index contributed by atoms with van der Waals surface area (Å²) in [7, 11) is 0. The van der Waals surface area contributed by atoms with Crippen LogP contribution in [-0.2, 0) is 4.79 Å². The Kier molecular flexibility index (Phi) is 6.06. The van der Waals surface area contributed by atoms with Crippen molar-refractivity contribution in [2.45, 2.75) is 66.7 Å². The van der Waals surface area contributed by atoms with Crippen LogP contribution in [0.15, 0.2) is 0 Å². The number of carbonyl (C=O) groups excluding carboxylic acids is 1. The van der Waals surface area contributed by atoms with Crippen molar-refractivity contribution < 1.29 is 4.79 Å². The van der Waals surface area contributed by atoms with Crippen LogP contribution in [0, 0.1) is 11.3 Å². The highest BCUT2D eigenvalue weighted by molar-refractivity contribution is 5.75. The first kappa shape index (κ1) is 13.7. The van der Waals surface area contributed by atoms with Gasteiger partial charge in [-0.2, -0.15) is 0 Å². The van der Waals surface area contributed by atoms with Crippen LogP contribution in [0.2, 0.25) is 0 Å². The second-order valence-electron chi connectivity index (χ2n) is 5.11. The van der Waals surface area contributed by atoms with E-state index in [1.807, 2.05) is 0 Å². The molecule has 1 atom stereocenters. The molecule has 0 saturated heterocycles. The maximum Gasteiger partial charge on any atom is 0.129 e. The Hall–Kier alpha value is -0.330. The number of unbranched alkanes of at least 4 members (excludes halogenated alkanes) is 1. The van der Waals surface area contributed by atoms with E-state index in [-0.39, 0.29) is 0 Å². The van der Waals surface area contributed by atoms with Crippen LogP contribution in [-0.4, -0.2) is 5.78 Å². The van der Waals surface area contributed by atoms with Crippen molar-refractivity contribution in [2.24, 2.45) is 11.3 Å². The molecule has 1 heteroatoms. The Balaban J connectivity index is 4.16. The molecule has 0 unspecified atom stereocenters. The molecule has 0 aliphatic rings. The summed E-state index contributed by atoms with van der Waals surface area (Å²) in [6, 6.07) is 0. The summed E-state index contributed by atoms with van der Waals surface area (Å²) in [4.78, 5) is 11.0. The summed E-state index contributed by atoms with van der Waals surface area (Å²) in [6.45, 7) is 10.8. The molecular weight excluding hydrogens is 172 g/mol. The highest BCUT2D eigenvalue weighted by Crippen LogP contribution is 2.37. The van der Waals surface area contributed by atoms with Crippen LogP contribution in [0.25, 0.3) is 0 Å². The fourth-order valence-electron chi connectivity index (χ4n) is 1.74. The minimum atomic E-state index is 0.327. The second-order valence-corrected chi connectivity index (χ2v) is 5.11. The molecule has 14 heavy (non-hydrogen) atoms. The van der Waals surface area contributed by atoms with E-state index >= 15 is 0 Å². The quantitative estimate of drug-likeness (QED) is 0.599. The molecule has 84 valence electrons. The topological polar surface area (TPSA) is 17.1 Å². The van der Waals surface area contributed by atoms with Gasteiger partial charge in [0.15, 0.2) is 0 Å². The third kappa shape index (κ3) is 4.78. The van der Waals surface area contributed by atoms with Crippen molar-refractivity contribution in [1.29, 1.82) is 0 Å². The third-order valence-corrected chi connectivity index (χ3v) is 3.54. The predicted octanol–water partition coefficient (Wildman–Crippen LogP) is 4.21. The maximum absolute atomic E-state index is 11.0. The zero-order valence-electron chi connectivity index (χ0n) is 10.5. The molecule has 0 fully saturated rings. The molecule has 0 radical (unpaired) electrons. The molecule has 0 heterocycles. The fourth-order valence-corrected chi connectivity index (χ4v) is 1.74. The van der Waals surface area contributed by atoms with Crippen molar-refractivity contribution in [3.05, 3.63) is 0 Å². The zero-order chi connectivity index (χ0) is 11.2. The first-order valence-electron chi connectivity index (χ1n) is 5.92. The average Bonchev–Trinajstić information content (AvgIpc) is 2.11. The molecule has 0 aromatic rings. The lowest BCUT2D eigenvalue weighted by molar-refractivity contribution is -0.117. The molecule has 0 rings (SSSR count). The van der Waals surface area contributed by atoms with E-state index in [1.165, 1.54) is 19.3 Å². The van der Waals surface area contributed by atoms with Gasteiger partial charge in [-0.25, -0.2) is 0 Å². The number of rotatable bonds is 7. The minimum Gasteiger partial charge on any atom is -0.300 e. The summed E-state index contributed by atoms with van der Waals surface area (Å²) < 4.78 is 0. The van der Waals surface area contributed by atoms with Crippen LogP contribution in [0.5, 0.6) is 0 Å². The lowest BCUT2D eigenvalue weighted by Gasteiger charge is -2.33. The molecule has 0 bridgehead atoms. The van der Waals surface area contributed by atoms with Crippen LogP contribution in [0.4, 0.5) is 0 Å². The highest BCUT2D eigenvalue weighted by atomic mass is 16.1. The SMILES string of the molecule is CCCC[C@](C)(CCC(C)=O)C(C)C. The summed E-state index contributed by atoms with van der Waals surface area (Å²) in [5.74, 6) is 1.00. The number of hydrogen-bond acceptors (Lipinski definition) is 1. The molecule has 0 aromatic heterocycles. The van der Waals surface area contributed by atoms with Gasteiger partial charge in [0, 0.05) is 6.42 Å². The normalized spacial score (nSPS) is 15.6. The molecule has 0 amide bonds. The Labute approximate surface area is 89.3 Å². The van der Waals surface area contributed by atoms with Gasteiger partial charge in [0.25, 0.3) is 0 Å². The van der Waals surface area contributed by atoms with Crippen molar-refractivity contribution in [1.82, 2.24) is 0 Å². The number of ketones is 1. The van der Waals surface area contributed by atoms with E-state index in [4.69, 9.17) is 0 Å². The highest BCUT2D eigenvalue weighted by Gasteiger charge is 2.27. The van der Waals surface area contributed by atoms with Crippen molar-refractivity contribution in [3.8, 4) is 0 Å². The lowest BCUT2D eigenvalue weighted by atomic mass is 9.72. The van der Waals surface area contributed by atoms with E-state index < -0.39 is 0 Å². The van der Waals surface area contributed by atoms with Gasteiger partial charge in [-0.15, -0.1) is 0 Å². The Morgan fingerprint density at radius 1 is 1.29 bits per heavy atom. The van der Waals surface area contributed by atoms with E-state index in [9.17, 15) is 4.79 Å². The van der Waals surface area contributed by atoms with Gasteiger partial charge in [-0.3, -0.25) is 0 Å². The fraction of sp³-hybridized carbons (Fsp3) is 0.923. The molecule has 0 N–H and O–H groups in total. The van der Waals surface area contributed by atoms with Gasteiger partial charge in [0.2, 0.25) is 0 Å². The van der Waals surface area contributed by atoms with E-state index in [0.717, 1.165) is 12.8 Å². The smallest absolute Gasteiger partial charge is 0.129 e. The van der Waals surface area contributed by atoms with Gasteiger partial charge >= 0.3 is 0 Å². The second kappa shape index (κ2) is 6.21. The van der Waals surface area contributed by atoms with E-state index in [1.54, 1.807) is 6.92 Å². The predicted molar refractivity (Wildman–Crippen MR) is 62.4 cm³/mol. The lowest BCUT2D eigenvalue weighted by Crippen LogP contribution is -2.24. The maximum atomic E-state index is 11.0. The monoisotopic (exact) mass is 198 g/mol. The third-order valence-electron chi connectivity index (χ3n) is 3.54. The Morgan fingerprint density at radius 3 is 2.21 bits per heavy atom. The van der Waals surface area contributed by atoms with E-state index in [0.29, 0.717) is 17.1 Å². The summed E-state index contributed by atoms with van der Waals surface area (Å²) >= 11 is 0. The zero-order valence-corrected chi connectivity index (χ0v) is 10.5. The van der Waals surface area contributed by atoms with Crippen molar-refractivity contribution in [2.75, 3.05) is 0 Å². The van der Waals surface area contributed by atoms with Crippen molar-refractivity contribution >= 4 is 5.78 Å². The number of hydrogen-bond donors (Lipinski definition) is 0. The first-order chi connectivity index (χ1) is 6.42. The van der Waals surface area contributed by atoms with Gasteiger partial charge in [-0.05, 0) is 31.1 Å². The average molecular weight is 198 g/mol. The number of carbonyl (C=O) groups is 1. The molecular formula is C13H26O. The molecule has 0 spiro atoms. The summed E-state index contributed by atoms with van der Waals surface area (Å²) in [6.07, 6.45) is 5.60. The number of Topliss-reactive ketones (excluding diaryl/α,β-unsaturated/α-hetero) is 1. The van der Waals surface area contributed by atoms with Crippen LogP contribution < -0.4 is 0 Å². The van der Waals surface area contributed by atoms with Crippen molar-refractivity contribution in [3.63, 3.8) is 0 Å². The minimum absolute atomic E-state index is 0.327. The molecule has 0 aromatic carbocycles. The molecule has 0 aliphatic heterocycles. The van der Waals surface area contributed by atoms with Gasteiger partial charge in [0.1, 0.15) is 5.78 Å². The summed E-state index contributed by atoms with van der Waals surface area (Å²) in [5.41, 5.74) is 0.363. The van der Waals surface area contributed by atoms with Crippen LogP contribution >= 0.6 is 0 Å². The molecule has 0 aliphatic carbocycles. The molecule has 1 nitrogen and oxygen atoms in total. The van der Waals surface area contributed by atoms with Gasteiger partial charge in [0.05, 0.1) is 0 Å². The largest absolute Gasteiger partial charge is 0.300 e. The summed E-state index contributed by atoms with van der Waals surface area (Å²) in [5, 5.41) is 0. The standard InChI is InChI=1S/C13H26O/c1-6-7-9-13(5,11(2)3)10-8-12(4)14/h11H,6-10H2,1-5H3/t13-/m1/s1. The van der Waals surface area contributed by atoms with E-state index in [2.05, 4.69) is 27.7 Å². The Bertz CT molecular complexity index is 172. The van der Waals surface area contributed by atoms with Crippen LogP contribution in [0.1, 0.15) is 66.7 Å². The van der Waals surface area contributed by atoms with Crippen LogP contribution in [0.3, 0.4) is 0 Å². The molecule has 0 saturated carbocycles. The first-order valence-corrected chi connectivity index (χ1v) is 5.92. The van der Waals surface area contributed by atoms with Gasteiger partial charge < -0.3 is 4.79 Å². The Morgan fingerprint density at radius 2 is 1.86 bits per heavy atom. The van der Waals surface area contributed by atoms with Gasteiger partial charge in [-0.1, -0.05) is 40.5 Å².